The molecule has 4 fully saturated rings. The van der Waals surface area contributed by atoms with E-state index in [9.17, 15) is 15.0 Å². The maximum atomic E-state index is 12.6. The molecule has 2 heterocycles. The van der Waals surface area contributed by atoms with E-state index in [1.54, 1.807) is 0 Å². The van der Waals surface area contributed by atoms with Crippen molar-refractivity contribution in [1.82, 2.24) is 4.90 Å². The Hall–Kier alpha value is -0.450. The van der Waals surface area contributed by atoms with Gasteiger partial charge in [-0.25, -0.2) is 0 Å². The van der Waals surface area contributed by atoms with Crippen LogP contribution in [0.3, 0.4) is 0 Å². The lowest BCUT2D eigenvalue weighted by atomic mass is 9.51. The van der Waals surface area contributed by atoms with Gasteiger partial charge in [-0.05, 0) is 50.4 Å². The SMILES string of the molecule is C[C@@H]1C[C@H]2CC(=O)[C@@]3(O)CCCN4CCC[C@]23[C@@]4(O)C1. The summed E-state index contributed by atoms with van der Waals surface area (Å²) < 4.78 is 0. The van der Waals surface area contributed by atoms with E-state index in [0.717, 1.165) is 38.8 Å². The second-order valence-electron chi connectivity index (χ2n) is 7.71. The molecule has 6 atom stereocenters. The Labute approximate surface area is 120 Å². The maximum absolute atomic E-state index is 12.6. The van der Waals surface area contributed by atoms with Crippen LogP contribution >= 0.6 is 0 Å². The average Bonchev–Trinajstić information content (AvgIpc) is 2.56. The smallest absolute Gasteiger partial charge is 0.165 e. The first-order chi connectivity index (χ1) is 9.44. The minimum Gasteiger partial charge on any atom is -0.381 e. The molecule has 1 spiro atoms. The van der Waals surface area contributed by atoms with E-state index in [1.807, 2.05) is 0 Å². The van der Waals surface area contributed by atoms with Crippen molar-refractivity contribution < 1.29 is 15.0 Å². The topological polar surface area (TPSA) is 60.8 Å². The molecular formula is C16H25NO3. The lowest BCUT2D eigenvalue weighted by Gasteiger charge is -2.63. The van der Waals surface area contributed by atoms with Gasteiger partial charge in [0.2, 0.25) is 0 Å². The van der Waals surface area contributed by atoms with Gasteiger partial charge in [-0.15, -0.1) is 0 Å². The highest BCUT2D eigenvalue weighted by Gasteiger charge is 2.76. The lowest BCUT2D eigenvalue weighted by molar-refractivity contribution is -0.292. The van der Waals surface area contributed by atoms with Crippen LogP contribution in [0.5, 0.6) is 0 Å². The maximum Gasteiger partial charge on any atom is 0.165 e. The monoisotopic (exact) mass is 279 g/mol. The summed E-state index contributed by atoms with van der Waals surface area (Å²) in [6, 6.07) is 0. The van der Waals surface area contributed by atoms with Crippen LogP contribution in [-0.4, -0.2) is 45.3 Å². The molecule has 4 rings (SSSR count). The molecule has 0 aromatic carbocycles. The van der Waals surface area contributed by atoms with Crippen LogP contribution in [0, 0.1) is 17.3 Å². The fourth-order valence-corrected chi connectivity index (χ4v) is 6.27. The predicted octanol–water partition coefficient (Wildman–Crippen LogP) is 1.30. The number of carbonyl (C=O) groups is 1. The third kappa shape index (κ3) is 1.23. The first-order valence-corrected chi connectivity index (χ1v) is 8.17. The van der Waals surface area contributed by atoms with E-state index in [1.165, 1.54) is 0 Å². The van der Waals surface area contributed by atoms with Gasteiger partial charge >= 0.3 is 0 Å². The molecule has 2 N–H and O–H groups in total. The van der Waals surface area contributed by atoms with Crippen LogP contribution in [-0.2, 0) is 4.79 Å². The molecule has 2 saturated carbocycles. The van der Waals surface area contributed by atoms with Crippen LogP contribution in [0.15, 0.2) is 0 Å². The van der Waals surface area contributed by atoms with Gasteiger partial charge in [-0.1, -0.05) is 6.92 Å². The fraction of sp³-hybridized carbons (Fsp3) is 0.938. The summed E-state index contributed by atoms with van der Waals surface area (Å²) in [6.07, 6.45) is 5.30. The fourth-order valence-electron chi connectivity index (χ4n) is 6.27. The van der Waals surface area contributed by atoms with Gasteiger partial charge < -0.3 is 10.2 Å². The summed E-state index contributed by atoms with van der Waals surface area (Å²) in [6.45, 7) is 3.89. The van der Waals surface area contributed by atoms with Gasteiger partial charge in [0.15, 0.2) is 5.78 Å². The quantitative estimate of drug-likeness (QED) is 0.702. The molecular weight excluding hydrogens is 254 g/mol. The number of carbonyl (C=O) groups excluding carboxylic acids is 1. The van der Waals surface area contributed by atoms with Crippen LogP contribution in [0.1, 0.15) is 51.9 Å². The molecule has 4 heteroatoms. The molecule has 4 aliphatic rings. The number of hydrogen-bond donors (Lipinski definition) is 2. The molecule has 20 heavy (non-hydrogen) atoms. The Morgan fingerprint density at radius 2 is 1.90 bits per heavy atom. The van der Waals surface area contributed by atoms with Crippen molar-refractivity contribution in [3.63, 3.8) is 0 Å². The molecule has 4 nitrogen and oxygen atoms in total. The van der Waals surface area contributed by atoms with Crippen LogP contribution in [0.4, 0.5) is 0 Å². The Morgan fingerprint density at radius 1 is 1.20 bits per heavy atom. The van der Waals surface area contributed by atoms with Gasteiger partial charge in [0, 0.05) is 19.5 Å². The first-order valence-electron chi connectivity index (χ1n) is 8.17. The number of rotatable bonds is 0. The van der Waals surface area contributed by atoms with Crippen LogP contribution in [0.25, 0.3) is 0 Å². The Bertz CT molecular complexity index is 467. The summed E-state index contributed by atoms with van der Waals surface area (Å²) in [5.74, 6) is 0.584. The molecule has 0 aromatic heterocycles. The minimum atomic E-state index is -1.28. The van der Waals surface area contributed by atoms with Gasteiger partial charge in [-0.2, -0.15) is 0 Å². The molecule has 0 amide bonds. The van der Waals surface area contributed by atoms with E-state index >= 15 is 0 Å². The largest absolute Gasteiger partial charge is 0.381 e. The molecule has 2 aliphatic heterocycles. The summed E-state index contributed by atoms with van der Waals surface area (Å²) in [4.78, 5) is 14.8. The highest BCUT2D eigenvalue weighted by molar-refractivity contribution is 5.91. The van der Waals surface area contributed by atoms with E-state index in [2.05, 4.69) is 11.8 Å². The van der Waals surface area contributed by atoms with E-state index < -0.39 is 16.7 Å². The summed E-state index contributed by atoms with van der Waals surface area (Å²) in [5.41, 5.74) is -2.84. The Balaban J connectivity index is 1.95. The van der Waals surface area contributed by atoms with E-state index in [-0.39, 0.29) is 11.7 Å². The normalized spacial score (nSPS) is 58.1. The molecule has 0 radical (unpaired) electrons. The van der Waals surface area contributed by atoms with Gasteiger partial charge in [0.1, 0.15) is 11.3 Å². The molecule has 1 unspecified atom stereocenters. The molecule has 2 saturated heterocycles. The standard InChI is InChI=1S/C16H25NO3/c1-11-8-12-9-13(18)15(19)5-3-7-17-6-2-4-14(12,15)16(17,20)10-11/h11-12,19-20H,2-10H2,1H3/t11-,12+,14+,15+,16+/m1/s1. The predicted molar refractivity (Wildman–Crippen MR) is 73.9 cm³/mol. The lowest BCUT2D eigenvalue weighted by Crippen LogP contribution is -2.72. The Kier molecular flexibility index (Phi) is 2.54. The van der Waals surface area contributed by atoms with E-state index in [4.69, 9.17) is 0 Å². The van der Waals surface area contributed by atoms with Crippen LogP contribution in [0.2, 0.25) is 0 Å². The van der Waals surface area contributed by atoms with Gasteiger partial charge in [-0.3, -0.25) is 9.69 Å². The van der Waals surface area contributed by atoms with E-state index in [0.29, 0.717) is 25.2 Å². The number of Topliss-reactive ketones (excluding diaryl/α,β-unsaturated/α-hetero) is 1. The van der Waals surface area contributed by atoms with Gasteiger partial charge in [0.25, 0.3) is 0 Å². The minimum absolute atomic E-state index is 0.00113. The zero-order valence-corrected chi connectivity index (χ0v) is 12.3. The molecule has 0 aromatic rings. The first kappa shape index (κ1) is 13.2. The zero-order chi connectivity index (χ0) is 14.2. The van der Waals surface area contributed by atoms with Crippen molar-refractivity contribution in [2.24, 2.45) is 17.3 Å². The van der Waals surface area contributed by atoms with Crippen molar-refractivity contribution in [1.29, 1.82) is 0 Å². The van der Waals surface area contributed by atoms with Crippen molar-refractivity contribution in [3.05, 3.63) is 0 Å². The zero-order valence-electron chi connectivity index (χ0n) is 12.3. The third-order valence-corrected chi connectivity index (χ3v) is 6.85. The van der Waals surface area contributed by atoms with Crippen LogP contribution < -0.4 is 0 Å². The van der Waals surface area contributed by atoms with Crippen molar-refractivity contribution in [3.8, 4) is 0 Å². The summed E-state index contributed by atoms with van der Waals surface area (Å²) in [5, 5.41) is 22.9. The number of ketones is 1. The second-order valence-corrected chi connectivity index (χ2v) is 7.71. The second kappa shape index (κ2) is 3.84. The molecule has 2 bridgehead atoms. The van der Waals surface area contributed by atoms with Crippen molar-refractivity contribution in [2.75, 3.05) is 13.1 Å². The number of nitrogens with zero attached hydrogens (tertiary/aromatic N) is 1. The van der Waals surface area contributed by atoms with Crippen molar-refractivity contribution >= 4 is 5.78 Å². The summed E-state index contributed by atoms with van der Waals surface area (Å²) in [7, 11) is 0. The van der Waals surface area contributed by atoms with Gasteiger partial charge in [0.05, 0.1) is 5.41 Å². The third-order valence-electron chi connectivity index (χ3n) is 6.85. The number of piperidine rings is 1. The number of aliphatic hydroxyl groups is 2. The van der Waals surface area contributed by atoms with Crippen molar-refractivity contribution in [2.45, 2.75) is 63.2 Å². The Morgan fingerprint density at radius 3 is 2.65 bits per heavy atom. The summed E-state index contributed by atoms with van der Waals surface area (Å²) >= 11 is 0. The number of hydrogen-bond acceptors (Lipinski definition) is 4. The average molecular weight is 279 g/mol. The molecule has 2 aliphatic carbocycles. The molecule has 112 valence electrons. The highest BCUT2D eigenvalue weighted by atomic mass is 16.3. The highest BCUT2D eigenvalue weighted by Crippen LogP contribution is 2.67.